The van der Waals surface area contributed by atoms with Crippen LogP contribution in [0.5, 0.6) is 5.75 Å². The Morgan fingerprint density at radius 3 is 2.72 bits per heavy atom. The first-order chi connectivity index (χ1) is 12.0. The maximum Gasteiger partial charge on any atom is 0.341 e. The fourth-order valence-electron chi connectivity index (χ4n) is 3.25. The summed E-state index contributed by atoms with van der Waals surface area (Å²) in [5, 5.41) is 9.29. The molecule has 2 heterocycles. The number of hydrogen-bond acceptors (Lipinski definition) is 3. The molecule has 1 atom stereocenters. The molecule has 0 bridgehead atoms. The van der Waals surface area contributed by atoms with Crippen LogP contribution in [-0.4, -0.2) is 22.2 Å². The van der Waals surface area contributed by atoms with Gasteiger partial charge in [0.05, 0.1) is 22.5 Å². The third-order valence-corrected chi connectivity index (χ3v) is 4.46. The van der Waals surface area contributed by atoms with Gasteiger partial charge in [0.1, 0.15) is 18.0 Å². The zero-order chi connectivity index (χ0) is 17.7. The monoisotopic (exact) mass is 339 g/mol. The van der Waals surface area contributed by atoms with Gasteiger partial charge in [0.2, 0.25) is 5.43 Å². The molecule has 1 unspecified atom stereocenters. The zero-order valence-corrected chi connectivity index (χ0v) is 13.3. The van der Waals surface area contributed by atoms with Gasteiger partial charge in [-0.25, -0.2) is 9.18 Å². The largest absolute Gasteiger partial charge is 0.488 e. The molecule has 3 aromatic rings. The van der Waals surface area contributed by atoms with E-state index >= 15 is 0 Å². The Hall–Kier alpha value is -3.15. The standard InChI is InChI=1S/C19H14FNO4/c1-10-9-25-18-15(11-5-3-2-4-6-11)14(20)7-12-16(18)21(10)8-13(17(12)22)19(23)24/h2-8,10H,9H2,1H3,(H,23,24). The van der Waals surface area contributed by atoms with Crippen LogP contribution in [-0.2, 0) is 0 Å². The maximum absolute atomic E-state index is 14.8. The van der Waals surface area contributed by atoms with Gasteiger partial charge in [-0.1, -0.05) is 30.3 Å². The Labute approximate surface area is 141 Å². The molecule has 1 aliphatic heterocycles. The summed E-state index contributed by atoms with van der Waals surface area (Å²) in [7, 11) is 0. The van der Waals surface area contributed by atoms with Crippen molar-refractivity contribution in [2.24, 2.45) is 0 Å². The number of pyridine rings is 1. The minimum Gasteiger partial charge on any atom is -0.488 e. The van der Waals surface area contributed by atoms with Gasteiger partial charge in [0, 0.05) is 6.20 Å². The van der Waals surface area contributed by atoms with Crippen molar-refractivity contribution in [2.45, 2.75) is 13.0 Å². The van der Waals surface area contributed by atoms with E-state index in [0.717, 1.165) is 6.07 Å². The van der Waals surface area contributed by atoms with Crippen LogP contribution in [0.15, 0.2) is 47.4 Å². The summed E-state index contributed by atoms with van der Waals surface area (Å²) in [6.07, 6.45) is 1.32. The molecule has 0 spiro atoms. The van der Waals surface area contributed by atoms with Crippen molar-refractivity contribution < 1.29 is 19.0 Å². The van der Waals surface area contributed by atoms with Crippen molar-refractivity contribution in [3.63, 3.8) is 0 Å². The van der Waals surface area contributed by atoms with E-state index in [2.05, 4.69) is 0 Å². The summed E-state index contributed by atoms with van der Waals surface area (Å²) in [6, 6.07) is 9.85. The number of carboxylic acid groups (broad SMARTS) is 1. The van der Waals surface area contributed by atoms with Crippen molar-refractivity contribution >= 4 is 16.9 Å². The van der Waals surface area contributed by atoms with Crippen LogP contribution in [0.3, 0.4) is 0 Å². The summed E-state index contributed by atoms with van der Waals surface area (Å²) < 4.78 is 22.3. The van der Waals surface area contributed by atoms with Gasteiger partial charge < -0.3 is 14.4 Å². The second-order valence-corrected chi connectivity index (χ2v) is 6.07. The van der Waals surface area contributed by atoms with E-state index < -0.39 is 17.2 Å². The average molecular weight is 339 g/mol. The summed E-state index contributed by atoms with van der Waals surface area (Å²) in [5.74, 6) is -1.67. The lowest BCUT2D eigenvalue weighted by molar-refractivity contribution is 0.0694. The topological polar surface area (TPSA) is 68.5 Å². The number of aromatic carboxylic acids is 1. The normalized spacial score (nSPS) is 15.8. The van der Waals surface area contributed by atoms with E-state index in [1.165, 1.54) is 6.20 Å². The Balaban J connectivity index is 2.18. The van der Waals surface area contributed by atoms with Crippen LogP contribution in [0.25, 0.3) is 22.0 Å². The molecular formula is C19H14FNO4. The molecule has 1 aromatic heterocycles. The molecule has 0 saturated carbocycles. The van der Waals surface area contributed by atoms with Crippen LogP contribution in [0.1, 0.15) is 23.3 Å². The predicted octanol–water partition coefficient (Wildman–Crippen LogP) is 3.46. The highest BCUT2D eigenvalue weighted by molar-refractivity contribution is 5.98. The lowest BCUT2D eigenvalue weighted by Gasteiger charge is -2.28. The summed E-state index contributed by atoms with van der Waals surface area (Å²) in [4.78, 5) is 23.9. The van der Waals surface area contributed by atoms with E-state index in [-0.39, 0.29) is 34.9 Å². The number of ether oxygens (including phenoxy) is 1. The quantitative estimate of drug-likeness (QED) is 0.776. The van der Waals surface area contributed by atoms with Gasteiger partial charge in [-0.3, -0.25) is 4.79 Å². The van der Waals surface area contributed by atoms with Crippen LogP contribution in [0.2, 0.25) is 0 Å². The summed E-state index contributed by atoms with van der Waals surface area (Å²) >= 11 is 0. The van der Waals surface area contributed by atoms with Crippen molar-refractivity contribution in [2.75, 3.05) is 6.61 Å². The molecule has 6 heteroatoms. The molecule has 0 amide bonds. The number of carboxylic acids is 1. The second kappa shape index (κ2) is 5.44. The van der Waals surface area contributed by atoms with Crippen molar-refractivity contribution in [3.05, 3.63) is 64.2 Å². The van der Waals surface area contributed by atoms with Crippen LogP contribution < -0.4 is 10.2 Å². The highest BCUT2D eigenvalue weighted by atomic mass is 19.1. The highest BCUT2D eigenvalue weighted by Crippen LogP contribution is 2.41. The number of nitrogens with zero attached hydrogens (tertiary/aromatic N) is 1. The number of carbonyl (C=O) groups is 1. The van der Waals surface area contributed by atoms with Crippen molar-refractivity contribution in [1.82, 2.24) is 4.57 Å². The molecule has 0 radical (unpaired) electrons. The number of rotatable bonds is 2. The SMILES string of the molecule is CC1COc2c(-c3ccccc3)c(F)cc3c(=O)c(C(=O)O)cn1c23. The minimum absolute atomic E-state index is 0.0126. The van der Waals surface area contributed by atoms with Crippen LogP contribution >= 0.6 is 0 Å². The first-order valence-electron chi connectivity index (χ1n) is 7.82. The molecule has 25 heavy (non-hydrogen) atoms. The van der Waals surface area contributed by atoms with Gasteiger partial charge in [-0.15, -0.1) is 0 Å². The molecule has 0 saturated heterocycles. The summed E-state index contributed by atoms with van der Waals surface area (Å²) in [5.41, 5.74) is 0.244. The van der Waals surface area contributed by atoms with Gasteiger partial charge in [0.15, 0.2) is 5.75 Å². The zero-order valence-electron chi connectivity index (χ0n) is 13.3. The lowest BCUT2D eigenvalue weighted by Crippen LogP contribution is -2.27. The smallest absolute Gasteiger partial charge is 0.341 e. The maximum atomic E-state index is 14.8. The molecule has 2 aromatic carbocycles. The molecule has 0 fully saturated rings. The average Bonchev–Trinajstić information content (AvgIpc) is 2.60. The minimum atomic E-state index is -1.33. The predicted molar refractivity (Wildman–Crippen MR) is 90.8 cm³/mol. The molecular weight excluding hydrogens is 325 g/mol. The fraction of sp³-hybridized carbons (Fsp3) is 0.158. The van der Waals surface area contributed by atoms with Gasteiger partial charge in [0.25, 0.3) is 0 Å². The highest BCUT2D eigenvalue weighted by Gasteiger charge is 2.28. The van der Waals surface area contributed by atoms with Crippen LogP contribution in [0, 0.1) is 5.82 Å². The second-order valence-electron chi connectivity index (χ2n) is 6.07. The van der Waals surface area contributed by atoms with Gasteiger partial charge in [-0.05, 0) is 18.6 Å². The molecule has 5 nitrogen and oxygen atoms in total. The van der Waals surface area contributed by atoms with E-state index in [1.54, 1.807) is 28.8 Å². The number of halogens is 1. The number of aromatic nitrogens is 1. The van der Waals surface area contributed by atoms with E-state index in [9.17, 15) is 19.1 Å². The molecule has 1 aliphatic rings. The molecule has 4 rings (SSSR count). The summed E-state index contributed by atoms with van der Waals surface area (Å²) in [6.45, 7) is 2.11. The third-order valence-electron chi connectivity index (χ3n) is 4.46. The molecule has 0 aliphatic carbocycles. The number of benzene rings is 2. The first-order valence-corrected chi connectivity index (χ1v) is 7.82. The van der Waals surface area contributed by atoms with E-state index in [1.807, 2.05) is 13.0 Å². The van der Waals surface area contributed by atoms with E-state index in [0.29, 0.717) is 11.1 Å². The van der Waals surface area contributed by atoms with Crippen LogP contribution in [0.4, 0.5) is 4.39 Å². The van der Waals surface area contributed by atoms with E-state index in [4.69, 9.17) is 4.74 Å². The molecule has 126 valence electrons. The lowest BCUT2D eigenvalue weighted by atomic mass is 9.98. The molecule has 1 N–H and O–H groups in total. The number of hydrogen-bond donors (Lipinski definition) is 1. The van der Waals surface area contributed by atoms with Crippen molar-refractivity contribution in [3.8, 4) is 16.9 Å². The Bertz CT molecular complexity index is 1070. The van der Waals surface area contributed by atoms with Gasteiger partial charge in [-0.2, -0.15) is 0 Å². The fourth-order valence-corrected chi connectivity index (χ4v) is 3.25. The Morgan fingerprint density at radius 2 is 2.04 bits per heavy atom. The first kappa shape index (κ1) is 15.4. The van der Waals surface area contributed by atoms with Crippen molar-refractivity contribution in [1.29, 1.82) is 0 Å². The third kappa shape index (κ3) is 2.21. The Morgan fingerprint density at radius 1 is 1.32 bits per heavy atom. The van der Waals surface area contributed by atoms with Gasteiger partial charge >= 0.3 is 5.97 Å². The Kier molecular flexibility index (Phi) is 3.35.